The number of aromatic amines is 2. The van der Waals surface area contributed by atoms with Crippen molar-refractivity contribution in [1.82, 2.24) is 19.9 Å². The van der Waals surface area contributed by atoms with Crippen LogP contribution in [0.4, 0.5) is 26.3 Å². The highest BCUT2D eigenvalue weighted by atomic mass is 35.5. The number of alkyl halides is 6. The zero-order valence-corrected chi connectivity index (χ0v) is 30.7. The van der Waals surface area contributed by atoms with Crippen molar-refractivity contribution in [1.29, 1.82) is 0 Å². The lowest BCUT2D eigenvalue weighted by Crippen LogP contribution is -2.53. The summed E-state index contributed by atoms with van der Waals surface area (Å²) < 4.78 is 98.4. The number of aromatic nitrogens is 4. The van der Waals surface area contributed by atoms with E-state index in [4.69, 9.17) is 21.6 Å². The molecule has 0 saturated heterocycles. The zero-order chi connectivity index (χ0) is 40.0. The number of rotatable bonds is 3. The van der Waals surface area contributed by atoms with Crippen LogP contribution in [0.1, 0.15) is 28.3 Å². The first-order valence-corrected chi connectivity index (χ1v) is 18.6. The van der Waals surface area contributed by atoms with Gasteiger partial charge in [-0.05, 0) is 76.9 Å². The highest BCUT2D eigenvalue weighted by Gasteiger charge is 2.75. The molecule has 284 valence electrons. The number of H-pyrrole nitrogens is 2. The van der Waals surface area contributed by atoms with E-state index in [9.17, 15) is 0 Å². The lowest BCUT2D eigenvalue weighted by Gasteiger charge is -2.36. The second-order valence-electron chi connectivity index (χ2n) is 14.2. The maximum Gasteiger partial charge on any atom is 0.380 e. The third-order valence-corrected chi connectivity index (χ3v) is 11.0. The van der Waals surface area contributed by atoms with Gasteiger partial charge in [-0.3, -0.25) is 0 Å². The number of benzene rings is 4. The average molecular weight is 797 g/mol. The number of nitrogens with one attached hydrogen (secondary N) is 2. The highest BCUT2D eigenvalue weighted by molar-refractivity contribution is 6.30. The SMILES string of the molecule is FC1(F)C2=Cc3nc2c(c2ccc([nH]2)c(-c2ccccc2)c2nc(c(-c4ccccc4)c4ccc([nH]4)c3-c3ccccc3)C=C2)-c2ccc(Cl)cc2C(F)(F)C1(F)F. The Balaban J connectivity index is 1.47. The molecule has 2 aliphatic heterocycles. The fraction of sp³-hybridized carbons (Fsp3) is 0.0638. The summed E-state index contributed by atoms with van der Waals surface area (Å²) in [7, 11) is 0. The molecule has 1 aliphatic carbocycles. The van der Waals surface area contributed by atoms with Crippen LogP contribution in [0.5, 0.6) is 0 Å². The number of hydrogen-bond donors (Lipinski definition) is 2. The molecule has 5 heterocycles. The highest BCUT2D eigenvalue weighted by Crippen LogP contribution is 2.61. The molecule has 7 aromatic rings. The van der Waals surface area contributed by atoms with Crippen LogP contribution in [0, 0.1) is 0 Å². The van der Waals surface area contributed by atoms with Crippen molar-refractivity contribution in [3.63, 3.8) is 0 Å². The van der Waals surface area contributed by atoms with E-state index in [1.165, 1.54) is 6.07 Å². The Labute approximate surface area is 331 Å². The normalized spacial score (nSPS) is 15.9. The van der Waals surface area contributed by atoms with Gasteiger partial charge < -0.3 is 9.97 Å². The van der Waals surface area contributed by atoms with Gasteiger partial charge in [-0.15, -0.1) is 0 Å². The first kappa shape index (κ1) is 35.7. The molecule has 11 heteroatoms. The largest absolute Gasteiger partial charge is 0.380 e. The minimum Gasteiger partial charge on any atom is -0.354 e. The van der Waals surface area contributed by atoms with Crippen molar-refractivity contribution in [2.75, 3.05) is 0 Å². The van der Waals surface area contributed by atoms with Gasteiger partial charge in [0.25, 0.3) is 0 Å². The summed E-state index contributed by atoms with van der Waals surface area (Å²) >= 11 is 6.15. The van der Waals surface area contributed by atoms with Gasteiger partial charge in [-0.2, -0.15) is 26.3 Å². The van der Waals surface area contributed by atoms with Gasteiger partial charge in [0.05, 0.1) is 28.3 Å². The summed E-state index contributed by atoms with van der Waals surface area (Å²) in [6.45, 7) is 0. The molecule has 0 fully saturated rings. The molecule has 0 atom stereocenters. The zero-order valence-electron chi connectivity index (χ0n) is 30.0. The number of halogens is 7. The summed E-state index contributed by atoms with van der Waals surface area (Å²) in [6, 6.07) is 37.5. The van der Waals surface area contributed by atoms with Gasteiger partial charge in [-0.1, -0.05) is 109 Å². The smallest absolute Gasteiger partial charge is 0.354 e. The Morgan fingerprint density at radius 1 is 0.466 bits per heavy atom. The Kier molecular flexibility index (Phi) is 7.97. The Morgan fingerprint density at radius 2 is 0.914 bits per heavy atom. The van der Waals surface area contributed by atoms with E-state index >= 15 is 26.3 Å². The predicted molar refractivity (Wildman–Crippen MR) is 218 cm³/mol. The van der Waals surface area contributed by atoms with E-state index in [-0.39, 0.29) is 27.4 Å². The van der Waals surface area contributed by atoms with Crippen molar-refractivity contribution in [3.05, 3.63) is 167 Å². The molecule has 4 nitrogen and oxygen atoms in total. The molecule has 0 unspecified atom stereocenters. The molecule has 0 radical (unpaired) electrons. The third-order valence-electron chi connectivity index (χ3n) is 10.8. The van der Waals surface area contributed by atoms with Gasteiger partial charge in [0.15, 0.2) is 0 Å². The van der Waals surface area contributed by atoms with E-state index in [1.54, 1.807) is 48.5 Å². The Bertz CT molecular complexity index is 3040. The lowest BCUT2D eigenvalue weighted by molar-refractivity contribution is -0.294. The summed E-state index contributed by atoms with van der Waals surface area (Å²) in [5.41, 5.74) is 2.36. The third kappa shape index (κ3) is 5.31. The summed E-state index contributed by atoms with van der Waals surface area (Å²) in [6.07, 6.45) is 4.59. The summed E-state index contributed by atoms with van der Waals surface area (Å²) in [5, 5.41) is -0.331. The fourth-order valence-electron chi connectivity index (χ4n) is 8.06. The Morgan fingerprint density at radius 3 is 1.40 bits per heavy atom. The molecule has 0 spiro atoms. The van der Waals surface area contributed by atoms with E-state index in [1.807, 2.05) is 78.9 Å². The first-order chi connectivity index (χ1) is 27.9. The second-order valence-corrected chi connectivity index (χ2v) is 14.6. The lowest BCUT2D eigenvalue weighted by atomic mass is 9.82. The monoisotopic (exact) mass is 796 g/mol. The quantitative estimate of drug-likeness (QED) is 0.175. The maximum atomic E-state index is 16.7. The second kappa shape index (κ2) is 12.9. The number of hydrogen-bond acceptors (Lipinski definition) is 2. The van der Waals surface area contributed by atoms with Crippen molar-refractivity contribution in [2.24, 2.45) is 0 Å². The van der Waals surface area contributed by atoms with Crippen LogP contribution in [0.25, 0.3) is 90.4 Å². The van der Waals surface area contributed by atoms with Gasteiger partial charge >= 0.3 is 17.8 Å². The first-order valence-electron chi connectivity index (χ1n) is 18.2. The molecule has 58 heavy (non-hydrogen) atoms. The van der Waals surface area contributed by atoms with Gasteiger partial charge in [0.1, 0.15) is 0 Å². The van der Waals surface area contributed by atoms with Crippen molar-refractivity contribution in [3.8, 4) is 44.5 Å². The molecular weight excluding hydrogens is 770 g/mol. The van der Waals surface area contributed by atoms with E-state index in [2.05, 4.69) is 9.97 Å². The van der Waals surface area contributed by atoms with E-state index in [0.717, 1.165) is 28.8 Å². The van der Waals surface area contributed by atoms with Crippen molar-refractivity contribution >= 4 is 57.5 Å². The van der Waals surface area contributed by atoms with Gasteiger partial charge in [0.2, 0.25) is 0 Å². The van der Waals surface area contributed by atoms with E-state index < -0.39 is 40.2 Å². The number of allylic oxidation sites excluding steroid dienone is 1. The molecule has 3 aromatic heterocycles. The maximum absolute atomic E-state index is 16.7. The molecule has 0 amide bonds. The molecule has 2 N–H and O–H groups in total. The van der Waals surface area contributed by atoms with Crippen LogP contribution in [0.15, 0.2) is 133 Å². The van der Waals surface area contributed by atoms with E-state index in [0.29, 0.717) is 45.1 Å². The average Bonchev–Trinajstić information content (AvgIpc) is 4.06. The van der Waals surface area contributed by atoms with Crippen molar-refractivity contribution in [2.45, 2.75) is 17.8 Å². The summed E-state index contributed by atoms with van der Waals surface area (Å²) in [5.74, 6) is -16.7. The van der Waals surface area contributed by atoms with Crippen LogP contribution >= 0.6 is 11.6 Å². The topological polar surface area (TPSA) is 57.4 Å². The molecule has 4 aromatic carbocycles. The molecular formula is C47H27ClF6N4. The molecule has 0 saturated carbocycles. The molecule has 3 aliphatic rings. The van der Waals surface area contributed by atoms with Gasteiger partial charge in [-0.25, -0.2) is 9.97 Å². The van der Waals surface area contributed by atoms with Crippen LogP contribution in [0.3, 0.4) is 0 Å². The van der Waals surface area contributed by atoms with Crippen molar-refractivity contribution < 1.29 is 26.3 Å². The minimum atomic E-state index is -5.91. The Hall–Kier alpha value is -6.65. The molecule has 8 bridgehead atoms. The van der Waals surface area contributed by atoms with Gasteiger partial charge in [0, 0.05) is 54.9 Å². The number of nitrogens with zero attached hydrogens (tertiary/aromatic N) is 2. The van der Waals surface area contributed by atoms with Crippen LogP contribution < -0.4 is 0 Å². The predicted octanol–water partition coefficient (Wildman–Crippen LogP) is 13.7. The number of fused-ring (bicyclic) bond motifs is 10. The fourth-order valence-corrected chi connectivity index (χ4v) is 8.23. The minimum absolute atomic E-state index is 0.0774. The standard InChI is InChI=1S/C47H27ClF6N4/c48-29-16-17-30-31(24-29)45(49,50)47(53,54)46(51,52)32-25-39-42(28-14-8-3-9-15-28)37-21-20-35(56-37)40(26-10-4-1-5-11-26)33-18-19-34(55-33)41(27-12-6-2-7-13-27)36-22-23-38(57-36)43(30)44(32)58-39/h1-25,56-57H. The van der Waals surface area contributed by atoms with Crippen LogP contribution in [0.2, 0.25) is 5.02 Å². The molecule has 10 rings (SSSR count). The van der Waals surface area contributed by atoms with Crippen LogP contribution in [-0.2, 0) is 5.92 Å². The van der Waals surface area contributed by atoms with Crippen LogP contribution in [-0.4, -0.2) is 31.8 Å². The summed E-state index contributed by atoms with van der Waals surface area (Å²) in [4.78, 5) is 16.6.